The Hall–Kier alpha value is -2.20. The Balaban J connectivity index is 1.39. The molecule has 1 N–H and O–H groups in total. The van der Waals surface area contributed by atoms with Gasteiger partial charge in [0.2, 0.25) is 5.91 Å². The van der Waals surface area contributed by atoms with Crippen LogP contribution in [0.25, 0.3) is 16.4 Å². The number of morpholine rings is 1. The van der Waals surface area contributed by atoms with Crippen LogP contribution in [0.5, 0.6) is 0 Å². The number of benzene rings is 1. The van der Waals surface area contributed by atoms with E-state index in [9.17, 15) is 4.79 Å². The minimum Gasteiger partial charge on any atom is -0.379 e. The Morgan fingerprint density at radius 1 is 1.14 bits per heavy atom. The number of carbonyl (C=O) groups is 1. The fraction of sp³-hybridized carbons (Fsp3) is 0.350. The van der Waals surface area contributed by atoms with E-state index in [-0.39, 0.29) is 5.91 Å². The van der Waals surface area contributed by atoms with Crippen LogP contribution >= 0.6 is 23.1 Å². The molecule has 3 aromatic rings. The third kappa shape index (κ3) is 5.24. The standard InChI is InChI=1S/C20H23N5O2S2/c26-18(21-8-9-24-10-12-27-13-11-24)15-29-20-23-22-19(17-7-4-14-28-17)25(20)16-5-2-1-3-6-16/h1-7,14H,8-13,15H2,(H,21,26). The summed E-state index contributed by atoms with van der Waals surface area (Å²) in [5.41, 5.74) is 0.983. The molecule has 1 aromatic carbocycles. The predicted molar refractivity (Wildman–Crippen MR) is 116 cm³/mol. The van der Waals surface area contributed by atoms with Crippen LogP contribution in [0.15, 0.2) is 53.0 Å². The lowest BCUT2D eigenvalue weighted by Gasteiger charge is -2.26. The van der Waals surface area contributed by atoms with Gasteiger partial charge in [0.15, 0.2) is 11.0 Å². The minimum atomic E-state index is 0.00328. The smallest absolute Gasteiger partial charge is 0.230 e. The minimum absolute atomic E-state index is 0.00328. The van der Waals surface area contributed by atoms with Crippen LogP contribution in [-0.2, 0) is 9.53 Å². The van der Waals surface area contributed by atoms with E-state index in [0.29, 0.717) is 17.5 Å². The highest BCUT2D eigenvalue weighted by atomic mass is 32.2. The van der Waals surface area contributed by atoms with E-state index in [4.69, 9.17) is 4.74 Å². The number of para-hydroxylation sites is 1. The molecule has 0 radical (unpaired) electrons. The van der Waals surface area contributed by atoms with E-state index >= 15 is 0 Å². The summed E-state index contributed by atoms with van der Waals surface area (Å²) >= 11 is 3.02. The van der Waals surface area contributed by atoms with Crippen molar-refractivity contribution in [3.05, 3.63) is 47.8 Å². The Kier molecular flexibility index (Phi) is 6.94. The van der Waals surface area contributed by atoms with Gasteiger partial charge in [0, 0.05) is 31.9 Å². The second-order valence-corrected chi connectivity index (χ2v) is 8.44. The van der Waals surface area contributed by atoms with Crippen molar-refractivity contribution in [2.75, 3.05) is 45.1 Å². The van der Waals surface area contributed by atoms with Gasteiger partial charge in [-0.3, -0.25) is 14.3 Å². The molecular formula is C20H23N5O2S2. The summed E-state index contributed by atoms with van der Waals surface area (Å²) in [6.45, 7) is 4.89. The second-order valence-electron chi connectivity index (χ2n) is 6.55. The SMILES string of the molecule is O=C(CSc1nnc(-c2cccs2)n1-c1ccccc1)NCCN1CCOCC1. The number of hydrogen-bond acceptors (Lipinski definition) is 7. The average molecular weight is 430 g/mol. The topological polar surface area (TPSA) is 72.3 Å². The zero-order valence-corrected chi connectivity index (χ0v) is 17.6. The number of amides is 1. The number of nitrogens with zero attached hydrogens (tertiary/aromatic N) is 4. The number of thiophene rings is 1. The molecule has 0 bridgehead atoms. The van der Waals surface area contributed by atoms with Crippen LogP contribution in [0.2, 0.25) is 0 Å². The quantitative estimate of drug-likeness (QED) is 0.555. The van der Waals surface area contributed by atoms with Gasteiger partial charge >= 0.3 is 0 Å². The molecule has 0 unspecified atom stereocenters. The van der Waals surface area contributed by atoms with Gasteiger partial charge < -0.3 is 10.1 Å². The van der Waals surface area contributed by atoms with Gasteiger partial charge in [0.1, 0.15) is 0 Å². The van der Waals surface area contributed by atoms with Gasteiger partial charge in [-0.1, -0.05) is 36.0 Å². The molecule has 0 atom stereocenters. The van der Waals surface area contributed by atoms with Crippen molar-refractivity contribution in [1.82, 2.24) is 25.0 Å². The lowest BCUT2D eigenvalue weighted by molar-refractivity contribution is -0.118. The molecule has 0 saturated carbocycles. The van der Waals surface area contributed by atoms with Crippen molar-refractivity contribution < 1.29 is 9.53 Å². The summed E-state index contributed by atoms with van der Waals surface area (Å²) in [5.74, 6) is 1.10. The van der Waals surface area contributed by atoms with E-state index in [2.05, 4.69) is 20.4 Å². The van der Waals surface area contributed by atoms with Crippen LogP contribution in [-0.4, -0.2) is 70.7 Å². The molecule has 1 aliphatic rings. The van der Waals surface area contributed by atoms with Crippen LogP contribution in [0.1, 0.15) is 0 Å². The zero-order valence-electron chi connectivity index (χ0n) is 16.0. The zero-order chi connectivity index (χ0) is 19.9. The van der Waals surface area contributed by atoms with Gasteiger partial charge in [-0.15, -0.1) is 21.5 Å². The summed E-state index contributed by atoms with van der Waals surface area (Å²) in [4.78, 5) is 15.7. The van der Waals surface area contributed by atoms with E-state index in [1.54, 1.807) is 11.3 Å². The molecule has 0 aliphatic carbocycles. The molecule has 3 heterocycles. The summed E-state index contributed by atoms with van der Waals surface area (Å²) in [7, 11) is 0. The predicted octanol–water partition coefficient (Wildman–Crippen LogP) is 2.54. The lowest BCUT2D eigenvalue weighted by atomic mass is 10.3. The summed E-state index contributed by atoms with van der Waals surface area (Å²) in [5, 5.41) is 14.5. The van der Waals surface area contributed by atoms with E-state index in [0.717, 1.165) is 49.2 Å². The monoisotopic (exact) mass is 429 g/mol. The van der Waals surface area contributed by atoms with Crippen molar-refractivity contribution in [1.29, 1.82) is 0 Å². The van der Waals surface area contributed by atoms with Crippen molar-refractivity contribution in [2.24, 2.45) is 0 Å². The molecule has 0 spiro atoms. The largest absolute Gasteiger partial charge is 0.379 e. The maximum atomic E-state index is 12.3. The van der Waals surface area contributed by atoms with Gasteiger partial charge in [-0.2, -0.15) is 0 Å². The number of thioether (sulfide) groups is 1. The molecular weight excluding hydrogens is 406 g/mol. The molecule has 9 heteroatoms. The second kappa shape index (κ2) is 10.0. The number of carbonyl (C=O) groups excluding carboxylic acids is 1. The Labute approximate surface area is 178 Å². The fourth-order valence-corrected chi connectivity index (χ4v) is 4.58. The first kappa shape index (κ1) is 20.1. The third-order valence-electron chi connectivity index (χ3n) is 4.58. The first-order valence-corrected chi connectivity index (χ1v) is 11.4. The van der Waals surface area contributed by atoms with Crippen molar-refractivity contribution in [3.63, 3.8) is 0 Å². The van der Waals surface area contributed by atoms with Gasteiger partial charge in [-0.25, -0.2) is 0 Å². The van der Waals surface area contributed by atoms with Gasteiger partial charge in [-0.05, 0) is 23.6 Å². The van der Waals surface area contributed by atoms with Crippen molar-refractivity contribution in [3.8, 4) is 16.4 Å². The summed E-state index contributed by atoms with van der Waals surface area (Å²) in [6, 6.07) is 14.0. The molecule has 7 nitrogen and oxygen atoms in total. The van der Waals surface area contributed by atoms with Crippen molar-refractivity contribution >= 4 is 29.0 Å². The molecule has 1 aliphatic heterocycles. The van der Waals surface area contributed by atoms with Gasteiger partial charge in [0.25, 0.3) is 0 Å². The number of rotatable bonds is 8. The van der Waals surface area contributed by atoms with Crippen LogP contribution in [0, 0.1) is 0 Å². The Morgan fingerprint density at radius 3 is 2.72 bits per heavy atom. The van der Waals surface area contributed by atoms with Crippen LogP contribution in [0.4, 0.5) is 0 Å². The normalized spacial score (nSPS) is 14.8. The summed E-state index contributed by atoms with van der Waals surface area (Å²) < 4.78 is 7.36. The molecule has 1 saturated heterocycles. The third-order valence-corrected chi connectivity index (χ3v) is 6.37. The molecule has 152 valence electrons. The van der Waals surface area contributed by atoms with Gasteiger partial charge in [0.05, 0.1) is 23.8 Å². The number of aromatic nitrogens is 3. The molecule has 2 aromatic heterocycles. The molecule has 29 heavy (non-hydrogen) atoms. The molecule has 1 amide bonds. The average Bonchev–Trinajstić information content (AvgIpc) is 3.43. The van der Waals surface area contributed by atoms with E-state index in [1.165, 1.54) is 11.8 Å². The van der Waals surface area contributed by atoms with E-state index < -0.39 is 0 Å². The Morgan fingerprint density at radius 2 is 1.97 bits per heavy atom. The molecule has 4 rings (SSSR count). The maximum absolute atomic E-state index is 12.3. The number of nitrogens with one attached hydrogen (secondary N) is 1. The lowest BCUT2D eigenvalue weighted by Crippen LogP contribution is -2.41. The first-order chi connectivity index (χ1) is 14.3. The first-order valence-electron chi connectivity index (χ1n) is 9.55. The fourth-order valence-electron chi connectivity index (χ4n) is 3.10. The molecule has 1 fully saturated rings. The van der Waals surface area contributed by atoms with Crippen LogP contribution in [0.3, 0.4) is 0 Å². The Bertz CT molecular complexity index is 908. The van der Waals surface area contributed by atoms with E-state index in [1.807, 2.05) is 52.4 Å². The highest BCUT2D eigenvalue weighted by Crippen LogP contribution is 2.30. The number of ether oxygens (including phenoxy) is 1. The van der Waals surface area contributed by atoms with Crippen LogP contribution < -0.4 is 5.32 Å². The van der Waals surface area contributed by atoms with Crippen molar-refractivity contribution in [2.45, 2.75) is 5.16 Å². The maximum Gasteiger partial charge on any atom is 0.230 e. The number of hydrogen-bond donors (Lipinski definition) is 1. The summed E-state index contributed by atoms with van der Waals surface area (Å²) in [6.07, 6.45) is 0. The highest BCUT2D eigenvalue weighted by molar-refractivity contribution is 7.99. The highest BCUT2D eigenvalue weighted by Gasteiger charge is 2.18.